The fourth-order valence-corrected chi connectivity index (χ4v) is 4.95. The van der Waals surface area contributed by atoms with Gasteiger partial charge in [-0.05, 0) is 59.8 Å². The highest BCUT2D eigenvalue weighted by molar-refractivity contribution is 9.10. The molecule has 3 aromatic rings. The van der Waals surface area contributed by atoms with Crippen LogP contribution in [0, 0.1) is 0 Å². The quantitative estimate of drug-likeness (QED) is 0.170. The van der Waals surface area contributed by atoms with Gasteiger partial charge in [0.1, 0.15) is 5.69 Å². The highest BCUT2D eigenvalue weighted by atomic mass is 79.9. The van der Waals surface area contributed by atoms with E-state index in [-0.39, 0.29) is 19.0 Å². The van der Waals surface area contributed by atoms with E-state index in [0.717, 1.165) is 22.5 Å². The molecule has 1 aromatic heterocycles. The molecule has 0 radical (unpaired) electrons. The molecule has 0 saturated carbocycles. The number of hydrogen-bond donors (Lipinski definition) is 0. The van der Waals surface area contributed by atoms with E-state index in [9.17, 15) is 4.79 Å². The molecule has 0 N–H and O–H groups in total. The third kappa shape index (κ3) is 5.03. The lowest BCUT2D eigenvalue weighted by atomic mass is 10.0. The number of fused-ring (bicyclic) bond motifs is 3. The molecule has 0 aliphatic heterocycles. The number of halogens is 1. The zero-order valence-electron chi connectivity index (χ0n) is 18.9. The van der Waals surface area contributed by atoms with Crippen molar-refractivity contribution in [1.29, 1.82) is 0 Å². The normalized spacial score (nSPS) is 12.5. The summed E-state index contributed by atoms with van der Waals surface area (Å²) in [7, 11) is -1.18. The Morgan fingerprint density at radius 1 is 1.09 bits per heavy atom. The van der Waals surface area contributed by atoms with Crippen LogP contribution in [0.15, 0.2) is 40.9 Å². The molecule has 0 spiro atoms. The Balaban J connectivity index is 1.61. The predicted molar refractivity (Wildman–Crippen MR) is 131 cm³/mol. The molecule has 32 heavy (non-hydrogen) atoms. The van der Waals surface area contributed by atoms with Crippen molar-refractivity contribution < 1.29 is 14.3 Å². The summed E-state index contributed by atoms with van der Waals surface area (Å²) in [6.45, 7) is 9.87. The monoisotopic (exact) mass is 513 g/mol. The Hall–Kier alpha value is -2.29. The van der Waals surface area contributed by atoms with Crippen molar-refractivity contribution in [2.45, 2.75) is 45.8 Å². The molecule has 0 amide bonds. The van der Waals surface area contributed by atoms with Crippen LogP contribution in [0.25, 0.3) is 22.4 Å². The lowest BCUT2D eigenvalue weighted by Crippen LogP contribution is -2.22. The van der Waals surface area contributed by atoms with Gasteiger partial charge in [0.2, 0.25) is 0 Å². The summed E-state index contributed by atoms with van der Waals surface area (Å²) in [6.07, 6.45) is 0.848. The summed E-state index contributed by atoms with van der Waals surface area (Å²) >= 11 is 3.56. The van der Waals surface area contributed by atoms with E-state index in [1.54, 1.807) is 6.92 Å². The van der Waals surface area contributed by atoms with Crippen molar-refractivity contribution in [2.75, 3.05) is 13.2 Å². The highest BCUT2D eigenvalue weighted by Crippen LogP contribution is 2.39. The largest absolute Gasteiger partial charge is 0.461 e. The number of esters is 1. The van der Waals surface area contributed by atoms with Crippen LogP contribution in [-0.4, -0.2) is 42.3 Å². The van der Waals surface area contributed by atoms with Gasteiger partial charge in [0.15, 0.2) is 12.4 Å². The zero-order valence-corrected chi connectivity index (χ0v) is 21.5. The van der Waals surface area contributed by atoms with Gasteiger partial charge in [-0.3, -0.25) is 0 Å². The fraction of sp³-hybridized carbons (Fsp3) is 0.375. The van der Waals surface area contributed by atoms with Crippen LogP contribution in [0.4, 0.5) is 0 Å². The molecule has 0 unspecified atom stereocenters. The number of benzene rings is 2. The van der Waals surface area contributed by atoms with E-state index >= 15 is 0 Å². The lowest BCUT2D eigenvalue weighted by Gasteiger charge is -2.14. The third-order valence-corrected chi connectivity index (χ3v) is 7.64. The molecule has 1 heterocycles. The van der Waals surface area contributed by atoms with Crippen LogP contribution >= 0.6 is 15.9 Å². The smallest absolute Gasteiger partial charge is 0.361 e. The molecule has 0 saturated heterocycles. The van der Waals surface area contributed by atoms with E-state index in [0.29, 0.717) is 12.3 Å². The van der Waals surface area contributed by atoms with Crippen molar-refractivity contribution in [3.8, 4) is 22.4 Å². The maximum absolute atomic E-state index is 12.6. The minimum Gasteiger partial charge on any atom is -0.461 e. The molecule has 0 atom stereocenters. The Morgan fingerprint density at radius 2 is 1.81 bits per heavy atom. The maximum atomic E-state index is 12.6. The van der Waals surface area contributed by atoms with E-state index in [1.807, 2.05) is 6.07 Å². The first-order valence-corrected chi connectivity index (χ1v) is 15.4. The highest BCUT2D eigenvalue weighted by Gasteiger charge is 2.24. The van der Waals surface area contributed by atoms with Gasteiger partial charge in [-0.2, -0.15) is 9.90 Å². The summed E-state index contributed by atoms with van der Waals surface area (Å²) < 4.78 is 12.1. The number of ether oxygens (including phenoxy) is 2. The second-order valence-corrected chi connectivity index (χ2v) is 15.7. The number of carbonyl (C=O) groups is 1. The second kappa shape index (κ2) is 9.29. The van der Waals surface area contributed by atoms with Crippen molar-refractivity contribution in [3.63, 3.8) is 0 Å². The first-order valence-electron chi connectivity index (χ1n) is 10.9. The first-order chi connectivity index (χ1) is 15.2. The Labute approximate surface area is 198 Å². The SMILES string of the molecule is CCOC(=O)c1nn(COCC[Si](C)(C)C)nc1-c1ccc2c(c1)Cc1cc(Br)ccc1-2. The Bertz CT molecular complexity index is 1150. The standard InChI is InChI=1S/C24H28BrN3O3Si/c1-5-31-24(29)23-22(26-28(27-23)15-30-10-11-32(2,3)4)16-6-8-20-17(12-16)13-18-14-19(25)7-9-21(18)20/h6-9,12,14H,5,10-11,13,15H2,1-4H3. The van der Waals surface area contributed by atoms with Gasteiger partial charge in [0.25, 0.3) is 0 Å². The van der Waals surface area contributed by atoms with Crippen LogP contribution in [0.5, 0.6) is 0 Å². The predicted octanol–water partition coefficient (Wildman–Crippen LogP) is 5.77. The van der Waals surface area contributed by atoms with E-state index in [4.69, 9.17) is 9.47 Å². The molecular formula is C24H28BrN3O3Si. The number of nitrogens with zero attached hydrogens (tertiary/aromatic N) is 3. The molecule has 0 fully saturated rings. The molecule has 2 aromatic carbocycles. The minimum absolute atomic E-state index is 0.210. The number of hydrogen-bond acceptors (Lipinski definition) is 5. The lowest BCUT2D eigenvalue weighted by molar-refractivity contribution is 0.0507. The van der Waals surface area contributed by atoms with E-state index < -0.39 is 14.0 Å². The Kier molecular flexibility index (Phi) is 6.64. The average molecular weight is 514 g/mol. The number of rotatable bonds is 8. The molecule has 0 bridgehead atoms. The molecule has 4 rings (SSSR count). The fourth-order valence-electron chi connectivity index (χ4n) is 3.79. The Morgan fingerprint density at radius 3 is 2.53 bits per heavy atom. The van der Waals surface area contributed by atoms with Crippen LogP contribution in [0.1, 0.15) is 28.5 Å². The van der Waals surface area contributed by atoms with Gasteiger partial charge in [0.05, 0.1) is 6.61 Å². The van der Waals surface area contributed by atoms with Gasteiger partial charge >= 0.3 is 5.97 Å². The van der Waals surface area contributed by atoms with Gasteiger partial charge in [0, 0.05) is 24.7 Å². The van der Waals surface area contributed by atoms with E-state index in [2.05, 4.69) is 76.1 Å². The average Bonchev–Trinajstić information content (AvgIpc) is 3.31. The molecule has 168 valence electrons. The molecular weight excluding hydrogens is 486 g/mol. The molecule has 1 aliphatic rings. The first kappa shape index (κ1) is 22.9. The number of carbonyl (C=O) groups excluding carboxylic acids is 1. The summed E-state index contributed by atoms with van der Waals surface area (Å²) in [5.74, 6) is -0.469. The summed E-state index contributed by atoms with van der Waals surface area (Å²) in [5.41, 5.74) is 6.57. The van der Waals surface area contributed by atoms with Crippen LogP contribution < -0.4 is 0 Å². The third-order valence-electron chi connectivity index (χ3n) is 5.44. The zero-order chi connectivity index (χ0) is 22.9. The topological polar surface area (TPSA) is 66.2 Å². The van der Waals surface area contributed by atoms with Crippen molar-refractivity contribution >= 4 is 30.0 Å². The maximum Gasteiger partial charge on any atom is 0.361 e. The van der Waals surface area contributed by atoms with Gasteiger partial charge in [-0.15, -0.1) is 5.10 Å². The van der Waals surface area contributed by atoms with Crippen LogP contribution in [0.2, 0.25) is 25.7 Å². The second-order valence-electron chi connectivity index (χ2n) is 9.19. The number of aromatic nitrogens is 3. The molecule has 8 heteroatoms. The van der Waals surface area contributed by atoms with E-state index in [1.165, 1.54) is 27.1 Å². The molecule has 6 nitrogen and oxygen atoms in total. The van der Waals surface area contributed by atoms with Gasteiger partial charge < -0.3 is 9.47 Å². The van der Waals surface area contributed by atoms with Crippen molar-refractivity contribution in [1.82, 2.24) is 15.0 Å². The van der Waals surface area contributed by atoms with Crippen LogP contribution in [-0.2, 0) is 22.6 Å². The summed E-state index contributed by atoms with van der Waals surface area (Å²) in [4.78, 5) is 14.0. The van der Waals surface area contributed by atoms with Crippen molar-refractivity contribution in [2.24, 2.45) is 0 Å². The van der Waals surface area contributed by atoms with Gasteiger partial charge in [-0.1, -0.05) is 53.8 Å². The van der Waals surface area contributed by atoms with Gasteiger partial charge in [-0.25, -0.2) is 4.79 Å². The summed E-state index contributed by atoms with van der Waals surface area (Å²) in [5, 5.41) is 8.98. The van der Waals surface area contributed by atoms with Crippen molar-refractivity contribution in [3.05, 3.63) is 57.7 Å². The minimum atomic E-state index is -1.18. The van der Waals surface area contributed by atoms with Crippen LogP contribution in [0.3, 0.4) is 0 Å². The molecule has 1 aliphatic carbocycles. The summed E-state index contributed by atoms with van der Waals surface area (Å²) in [6, 6.07) is 13.6.